The Morgan fingerprint density at radius 2 is 2.00 bits per heavy atom. The number of hydrogen-bond acceptors (Lipinski definition) is 6. The maximum absolute atomic E-state index is 12.0. The smallest absolute Gasteiger partial charge is 0.329 e. The van der Waals surface area contributed by atoms with E-state index < -0.39 is 17.9 Å². The Morgan fingerprint density at radius 3 is 2.52 bits per heavy atom. The molecule has 0 aliphatic rings. The number of ether oxygens (including phenoxy) is 1. The van der Waals surface area contributed by atoms with Crippen molar-refractivity contribution in [3.63, 3.8) is 0 Å². The maximum atomic E-state index is 12.0. The Bertz CT molecular complexity index is 547. The van der Waals surface area contributed by atoms with Crippen molar-refractivity contribution >= 4 is 23.6 Å². The molecule has 21 heavy (non-hydrogen) atoms. The summed E-state index contributed by atoms with van der Waals surface area (Å²) < 4.78 is 4.61. The van der Waals surface area contributed by atoms with E-state index in [9.17, 15) is 19.8 Å². The molecule has 112 valence electrons. The molecule has 0 saturated heterocycles. The van der Waals surface area contributed by atoms with Crippen molar-refractivity contribution in [2.75, 3.05) is 18.6 Å². The summed E-state index contributed by atoms with van der Waals surface area (Å²) in [4.78, 5) is 23.6. The second-order valence-electron chi connectivity index (χ2n) is 4.01. The summed E-state index contributed by atoms with van der Waals surface area (Å²) >= 11 is 1.30. The summed E-state index contributed by atoms with van der Waals surface area (Å²) in [5, 5.41) is 21.2. The molecule has 1 amide bonds. The number of aromatic hydroxyl groups is 2. The van der Waals surface area contributed by atoms with Crippen molar-refractivity contribution in [2.24, 2.45) is 0 Å². The topological polar surface area (TPSA) is 95.9 Å². The van der Waals surface area contributed by atoms with Gasteiger partial charge in [-0.05, 0) is 12.1 Å². The molecular formula is C14H15NO5S. The average Bonchev–Trinajstić information content (AvgIpc) is 2.44. The molecule has 0 unspecified atom stereocenters. The van der Waals surface area contributed by atoms with Crippen LogP contribution >= 0.6 is 11.8 Å². The molecule has 0 radical (unpaired) electrons. The van der Waals surface area contributed by atoms with Crippen molar-refractivity contribution in [1.82, 2.24) is 5.32 Å². The number of hydrogen-bond donors (Lipinski definition) is 3. The van der Waals surface area contributed by atoms with E-state index in [-0.39, 0.29) is 22.8 Å². The van der Waals surface area contributed by atoms with Gasteiger partial charge in [0, 0.05) is 17.4 Å². The Labute approximate surface area is 126 Å². The van der Waals surface area contributed by atoms with Gasteiger partial charge in [0.1, 0.15) is 17.5 Å². The van der Waals surface area contributed by atoms with Gasteiger partial charge < -0.3 is 20.3 Å². The molecule has 0 aromatic heterocycles. The SMILES string of the molecule is C#CCSC[C@H](NC(=O)c1cc(O)cc(O)c1)C(=O)OC. The molecule has 6 nitrogen and oxygen atoms in total. The average molecular weight is 309 g/mol. The highest BCUT2D eigenvalue weighted by Crippen LogP contribution is 2.20. The predicted octanol–water partition coefficient (Wildman–Crippen LogP) is 0.736. The van der Waals surface area contributed by atoms with E-state index in [0.717, 1.165) is 6.07 Å². The monoisotopic (exact) mass is 309 g/mol. The van der Waals surface area contributed by atoms with Gasteiger partial charge in [-0.3, -0.25) is 4.79 Å². The molecule has 0 saturated carbocycles. The number of esters is 1. The van der Waals surface area contributed by atoms with Crippen LogP contribution in [0.4, 0.5) is 0 Å². The van der Waals surface area contributed by atoms with E-state index in [1.54, 1.807) is 0 Å². The van der Waals surface area contributed by atoms with Crippen molar-refractivity contribution in [1.29, 1.82) is 0 Å². The lowest BCUT2D eigenvalue weighted by Crippen LogP contribution is -2.43. The van der Waals surface area contributed by atoms with Crippen molar-refractivity contribution in [3.8, 4) is 23.8 Å². The lowest BCUT2D eigenvalue weighted by atomic mass is 10.1. The van der Waals surface area contributed by atoms with Crippen LogP contribution in [-0.2, 0) is 9.53 Å². The summed E-state index contributed by atoms with van der Waals surface area (Å²) in [6, 6.07) is 2.58. The van der Waals surface area contributed by atoms with Crippen LogP contribution in [-0.4, -0.2) is 46.7 Å². The van der Waals surface area contributed by atoms with Gasteiger partial charge in [-0.15, -0.1) is 18.2 Å². The number of benzene rings is 1. The number of phenolic OH excluding ortho intramolecular Hbond substituents is 2. The fourth-order valence-corrected chi connectivity index (χ4v) is 2.21. The minimum atomic E-state index is -0.870. The molecule has 0 bridgehead atoms. The number of carbonyl (C=O) groups excluding carboxylic acids is 2. The minimum absolute atomic E-state index is 0.0309. The van der Waals surface area contributed by atoms with Gasteiger partial charge in [0.2, 0.25) is 0 Å². The Hall–Kier alpha value is -2.33. The number of methoxy groups -OCH3 is 1. The third kappa shape index (κ3) is 5.28. The lowest BCUT2D eigenvalue weighted by molar-refractivity contribution is -0.142. The number of terminal acetylenes is 1. The van der Waals surface area contributed by atoms with E-state index in [0.29, 0.717) is 5.75 Å². The predicted molar refractivity (Wildman–Crippen MR) is 79.2 cm³/mol. The first-order chi connectivity index (χ1) is 9.97. The van der Waals surface area contributed by atoms with Crippen molar-refractivity contribution in [2.45, 2.75) is 6.04 Å². The fourth-order valence-electron chi connectivity index (χ4n) is 1.51. The highest BCUT2D eigenvalue weighted by Gasteiger charge is 2.22. The van der Waals surface area contributed by atoms with Crippen LogP contribution in [0, 0.1) is 12.3 Å². The van der Waals surface area contributed by atoms with E-state index in [1.165, 1.54) is 31.0 Å². The minimum Gasteiger partial charge on any atom is -0.508 e. The van der Waals surface area contributed by atoms with Gasteiger partial charge in [-0.25, -0.2) is 4.79 Å². The fraction of sp³-hybridized carbons (Fsp3) is 0.286. The number of rotatable bonds is 6. The van der Waals surface area contributed by atoms with E-state index in [1.807, 2.05) is 0 Å². The van der Waals surface area contributed by atoms with Gasteiger partial charge >= 0.3 is 5.97 Å². The zero-order valence-corrected chi connectivity index (χ0v) is 12.1. The number of amides is 1. The molecule has 3 N–H and O–H groups in total. The van der Waals surface area contributed by atoms with Crippen LogP contribution in [0.3, 0.4) is 0 Å². The summed E-state index contributed by atoms with van der Waals surface area (Å²) in [6.07, 6.45) is 5.12. The summed E-state index contributed by atoms with van der Waals surface area (Å²) in [7, 11) is 1.22. The molecule has 1 aromatic carbocycles. The second kappa shape index (κ2) is 8.07. The molecule has 0 spiro atoms. The Kier molecular flexibility index (Phi) is 6.43. The number of nitrogens with one attached hydrogen (secondary N) is 1. The van der Waals surface area contributed by atoms with Crippen LogP contribution in [0.1, 0.15) is 10.4 Å². The number of carbonyl (C=O) groups is 2. The molecule has 0 fully saturated rings. The van der Waals surface area contributed by atoms with Crippen LogP contribution in [0.5, 0.6) is 11.5 Å². The van der Waals surface area contributed by atoms with Gasteiger partial charge in [0.15, 0.2) is 0 Å². The summed E-state index contributed by atoms with van der Waals surface area (Å²) in [6.45, 7) is 0. The first-order valence-electron chi connectivity index (χ1n) is 5.91. The standard InChI is InChI=1S/C14H15NO5S/c1-3-4-21-8-12(14(19)20-2)15-13(18)9-5-10(16)7-11(17)6-9/h1,5-7,12,16-17H,4,8H2,2H3,(H,15,18)/t12-/m0/s1. The molecule has 7 heteroatoms. The van der Waals surface area contributed by atoms with Gasteiger partial charge in [-0.1, -0.05) is 5.92 Å². The molecule has 1 aromatic rings. The largest absolute Gasteiger partial charge is 0.508 e. The zero-order chi connectivity index (χ0) is 15.8. The molecule has 0 aliphatic heterocycles. The summed E-state index contributed by atoms with van der Waals surface area (Å²) in [5.74, 6) is 1.35. The first kappa shape index (κ1) is 16.7. The second-order valence-corrected chi connectivity index (χ2v) is 5.04. The molecule has 0 aliphatic carbocycles. The van der Waals surface area contributed by atoms with Crippen molar-refractivity contribution in [3.05, 3.63) is 23.8 Å². The maximum Gasteiger partial charge on any atom is 0.329 e. The highest BCUT2D eigenvalue weighted by molar-refractivity contribution is 7.99. The van der Waals surface area contributed by atoms with Crippen molar-refractivity contribution < 1.29 is 24.5 Å². The highest BCUT2D eigenvalue weighted by atomic mass is 32.2. The molecule has 1 atom stereocenters. The Balaban J connectivity index is 2.79. The first-order valence-corrected chi connectivity index (χ1v) is 7.06. The van der Waals surface area contributed by atoms with Crippen LogP contribution in [0.15, 0.2) is 18.2 Å². The molecule has 1 rings (SSSR count). The van der Waals surface area contributed by atoms with Crippen LogP contribution in [0.2, 0.25) is 0 Å². The Morgan fingerprint density at radius 1 is 1.38 bits per heavy atom. The lowest BCUT2D eigenvalue weighted by Gasteiger charge is -2.16. The van der Waals surface area contributed by atoms with E-state index >= 15 is 0 Å². The van der Waals surface area contributed by atoms with Crippen LogP contribution < -0.4 is 5.32 Å². The zero-order valence-electron chi connectivity index (χ0n) is 11.3. The van der Waals surface area contributed by atoms with Gasteiger partial charge in [-0.2, -0.15) is 0 Å². The van der Waals surface area contributed by atoms with E-state index in [2.05, 4.69) is 16.0 Å². The number of thioether (sulfide) groups is 1. The normalized spacial score (nSPS) is 11.2. The quantitative estimate of drug-likeness (QED) is 0.407. The van der Waals surface area contributed by atoms with Gasteiger partial charge in [0.25, 0.3) is 5.91 Å². The van der Waals surface area contributed by atoms with Crippen LogP contribution in [0.25, 0.3) is 0 Å². The molecular weight excluding hydrogens is 294 g/mol. The number of phenols is 2. The van der Waals surface area contributed by atoms with Gasteiger partial charge in [0.05, 0.1) is 12.9 Å². The summed E-state index contributed by atoms with van der Waals surface area (Å²) in [5.41, 5.74) is 0.0309. The van der Waals surface area contributed by atoms with E-state index in [4.69, 9.17) is 6.42 Å². The molecule has 0 heterocycles. The third-order valence-corrected chi connectivity index (χ3v) is 3.37. The third-order valence-electron chi connectivity index (χ3n) is 2.43.